The van der Waals surface area contributed by atoms with Crippen LogP contribution in [-0.4, -0.2) is 26.8 Å². The molecule has 0 heterocycles. The van der Waals surface area contributed by atoms with Crippen LogP contribution in [0.25, 0.3) is 11.1 Å². The number of hydrogen-bond donors (Lipinski definition) is 1. The summed E-state index contributed by atoms with van der Waals surface area (Å²) in [6.45, 7) is 2.13. The highest BCUT2D eigenvalue weighted by molar-refractivity contribution is 5.73. The van der Waals surface area contributed by atoms with Gasteiger partial charge >= 0.3 is 5.97 Å². The van der Waals surface area contributed by atoms with Crippen molar-refractivity contribution in [3.63, 3.8) is 0 Å². The molecule has 0 fully saturated rings. The van der Waals surface area contributed by atoms with Gasteiger partial charge in [-0.1, -0.05) is 18.2 Å². The lowest BCUT2D eigenvalue weighted by atomic mass is 9.97. The second kappa shape index (κ2) is 8.36. The highest BCUT2D eigenvalue weighted by Crippen LogP contribution is 2.34. The minimum atomic E-state index is -0.416. The van der Waals surface area contributed by atoms with Gasteiger partial charge in [0, 0.05) is 11.6 Å². The molecule has 0 aromatic heterocycles. The third-order valence-electron chi connectivity index (χ3n) is 3.72. The number of hydrogen-bond acceptors (Lipinski definition) is 5. The Morgan fingerprint density at radius 3 is 2.58 bits per heavy atom. The first kappa shape index (κ1) is 17.8. The Labute approximate surface area is 142 Å². The summed E-state index contributed by atoms with van der Waals surface area (Å²) in [5.74, 6) is 1.19. The maximum Gasteiger partial charge on any atom is 0.307 e. The standard InChI is InChI=1S/C19H23NO4/c1-4-24-19(21)12-17(20)14-7-5-6-13(10-14)16-11-15(22-2)8-9-18(16)23-3/h5-11,17H,4,12,20H2,1-3H3. The molecule has 24 heavy (non-hydrogen) atoms. The van der Waals surface area contributed by atoms with Gasteiger partial charge in [-0.2, -0.15) is 0 Å². The molecule has 2 rings (SSSR count). The Morgan fingerprint density at radius 1 is 1.12 bits per heavy atom. The van der Waals surface area contributed by atoms with Crippen LogP contribution >= 0.6 is 0 Å². The van der Waals surface area contributed by atoms with Gasteiger partial charge in [0.1, 0.15) is 11.5 Å². The van der Waals surface area contributed by atoms with E-state index in [0.717, 1.165) is 28.2 Å². The fourth-order valence-electron chi connectivity index (χ4n) is 2.49. The number of carbonyl (C=O) groups excluding carboxylic acids is 1. The summed E-state index contributed by atoms with van der Waals surface area (Å²) < 4.78 is 15.7. The fourth-order valence-corrected chi connectivity index (χ4v) is 2.49. The first-order chi connectivity index (χ1) is 11.6. The van der Waals surface area contributed by atoms with Gasteiger partial charge in [-0.05, 0) is 42.3 Å². The third-order valence-corrected chi connectivity index (χ3v) is 3.72. The Morgan fingerprint density at radius 2 is 1.92 bits per heavy atom. The van der Waals surface area contributed by atoms with Crippen LogP contribution < -0.4 is 15.2 Å². The lowest BCUT2D eigenvalue weighted by Gasteiger charge is -2.15. The number of esters is 1. The number of benzene rings is 2. The largest absolute Gasteiger partial charge is 0.497 e. The van der Waals surface area contributed by atoms with Crippen molar-refractivity contribution in [3.05, 3.63) is 48.0 Å². The monoisotopic (exact) mass is 329 g/mol. The molecule has 5 heteroatoms. The minimum Gasteiger partial charge on any atom is -0.497 e. The molecule has 0 saturated heterocycles. The maximum absolute atomic E-state index is 11.6. The first-order valence-corrected chi connectivity index (χ1v) is 7.82. The predicted molar refractivity (Wildman–Crippen MR) is 93.2 cm³/mol. The minimum absolute atomic E-state index is 0.145. The second-order valence-electron chi connectivity index (χ2n) is 5.31. The number of nitrogens with two attached hydrogens (primary N) is 1. The number of carbonyl (C=O) groups is 1. The summed E-state index contributed by atoms with van der Waals surface area (Å²) in [5, 5.41) is 0. The molecule has 1 atom stereocenters. The lowest BCUT2D eigenvalue weighted by Crippen LogP contribution is -2.17. The molecule has 0 bridgehead atoms. The predicted octanol–water partition coefficient (Wildman–Crippen LogP) is 3.32. The van der Waals surface area contributed by atoms with Crippen molar-refractivity contribution >= 4 is 5.97 Å². The molecule has 0 aliphatic heterocycles. The van der Waals surface area contributed by atoms with Gasteiger partial charge in [-0.3, -0.25) is 4.79 Å². The van der Waals surface area contributed by atoms with Crippen molar-refractivity contribution in [2.24, 2.45) is 5.73 Å². The molecule has 0 aliphatic carbocycles. The molecule has 0 aliphatic rings. The van der Waals surface area contributed by atoms with E-state index >= 15 is 0 Å². The lowest BCUT2D eigenvalue weighted by molar-refractivity contribution is -0.143. The van der Waals surface area contributed by atoms with Crippen LogP contribution in [0.5, 0.6) is 11.5 Å². The molecule has 0 radical (unpaired) electrons. The van der Waals surface area contributed by atoms with Crippen molar-refractivity contribution < 1.29 is 19.0 Å². The highest BCUT2D eigenvalue weighted by Gasteiger charge is 2.14. The van der Waals surface area contributed by atoms with E-state index in [1.165, 1.54) is 0 Å². The van der Waals surface area contributed by atoms with Crippen LogP contribution in [0.4, 0.5) is 0 Å². The fraction of sp³-hybridized carbons (Fsp3) is 0.316. The number of ether oxygens (including phenoxy) is 3. The van der Waals surface area contributed by atoms with Crippen LogP contribution in [0, 0.1) is 0 Å². The molecule has 5 nitrogen and oxygen atoms in total. The molecule has 2 N–H and O–H groups in total. The second-order valence-corrected chi connectivity index (χ2v) is 5.31. The summed E-state index contributed by atoms with van der Waals surface area (Å²) in [4.78, 5) is 11.6. The van der Waals surface area contributed by atoms with Gasteiger partial charge in [-0.25, -0.2) is 0 Å². The van der Waals surface area contributed by atoms with Crippen molar-refractivity contribution in [2.75, 3.05) is 20.8 Å². The summed E-state index contributed by atoms with van der Waals surface area (Å²) in [6, 6.07) is 12.9. The van der Waals surface area contributed by atoms with E-state index < -0.39 is 6.04 Å². The molecule has 1 unspecified atom stereocenters. The SMILES string of the molecule is CCOC(=O)CC(N)c1cccc(-c2cc(OC)ccc2OC)c1. The van der Waals surface area contributed by atoms with Gasteiger partial charge in [0.2, 0.25) is 0 Å². The van der Waals surface area contributed by atoms with Crippen molar-refractivity contribution in [1.82, 2.24) is 0 Å². The van der Waals surface area contributed by atoms with E-state index in [9.17, 15) is 4.79 Å². The number of methoxy groups -OCH3 is 2. The smallest absolute Gasteiger partial charge is 0.307 e. The van der Waals surface area contributed by atoms with Crippen LogP contribution in [0.15, 0.2) is 42.5 Å². The maximum atomic E-state index is 11.6. The van der Waals surface area contributed by atoms with Crippen LogP contribution in [0.3, 0.4) is 0 Å². The molecule has 128 valence electrons. The van der Waals surface area contributed by atoms with Gasteiger partial charge in [-0.15, -0.1) is 0 Å². The van der Waals surface area contributed by atoms with Crippen molar-refractivity contribution in [3.8, 4) is 22.6 Å². The summed E-state index contributed by atoms with van der Waals surface area (Å²) in [5.41, 5.74) is 8.86. The van der Waals surface area contributed by atoms with Gasteiger partial charge < -0.3 is 19.9 Å². The third kappa shape index (κ3) is 4.26. The molecule has 0 saturated carbocycles. The topological polar surface area (TPSA) is 70.8 Å². The van der Waals surface area contributed by atoms with E-state index in [1.54, 1.807) is 21.1 Å². The van der Waals surface area contributed by atoms with Crippen molar-refractivity contribution in [2.45, 2.75) is 19.4 Å². The molecule has 0 amide bonds. The zero-order chi connectivity index (χ0) is 17.5. The van der Waals surface area contributed by atoms with Gasteiger partial charge in [0.05, 0.1) is 27.2 Å². The quantitative estimate of drug-likeness (QED) is 0.789. The molecule has 2 aromatic carbocycles. The normalized spacial score (nSPS) is 11.7. The van der Waals surface area contributed by atoms with E-state index in [4.69, 9.17) is 19.9 Å². The average Bonchev–Trinajstić information content (AvgIpc) is 2.61. The summed E-state index contributed by atoms with van der Waals surface area (Å²) in [6.07, 6.45) is 0.145. The Hall–Kier alpha value is -2.53. The average molecular weight is 329 g/mol. The molecular weight excluding hydrogens is 306 g/mol. The Bertz CT molecular complexity index is 700. The van der Waals surface area contributed by atoms with E-state index in [1.807, 2.05) is 42.5 Å². The molecule has 2 aromatic rings. The van der Waals surface area contributed by atoms with Crippen molar-refractivity contribution in [1.29, 1.82) is 0 Å². The van der Waals surface area contributed by atoms with Crippen LogP contribution in [0.2, 0.25) is 0 Å². The highest BCUT2D eigenvalue weighted by atomic mass is 16.5. The van der Waals surface area contributed by atoms with Crippen LogP contribution in [0.1, 0.15) is 24.9 Å². The summed E-state index contributed by atoms with van der Waals surface area (Å²) >= 11 is 0. The zero-order valence-electron chi connectivity index (χ0n) is 14.2. The van der Waals surface area contributed by atoms with Crippen LogP contribution in [-0.2, 0) is 9.53 Å². The Kier molecular flexibility index (Phi) is 6.21. The molecule has 0 spiro atoms. The van der Waals surface area contributed by atoms with E-state index in [2.05, 4.69) is 0 Å². The zero-order valence-corrected chi connectivity index (χ0v) is 14.2. The number of rotatable bonds is 7. The first-order valence-electron chi connectivity index (χ1n) is 7.82. The van der Waals surface area contributed by atoms with Gasteiger partial charge in [0.25, 0.3) is 0 Å². The summed E-state index contributed by atoms with van der Waals surface area (Å²) in [7, 11) is 3.25. The van der Waals surface area contributed by atoms with Gasteiger partial charge in [0.15, 0.2) is 0 Å². The van der Waals surface area contributed by atoms with E-state index in [-0.39, 0.29) is 12.4 Å². The Balaban J connectivity index is 2.32. The van der Waals surface area contributed by atoms with E-state index in [0.29, 0.717) is 6.61 Å². The molecular formula is C19H23NO4.